The minimum atomic E-state index is -0.477. The van der Waals surface area contributed by atoms with Crippen LogP contribution in [-0.2, 0) is 0 Å². The van der Waals surface area contributed by atoms with Gasteiger partial charge in [0.05, 0.1) is 0 Å². The number of rotatable bonds is 15. The summed E-state index contributed by atoms with van der Waals surface area (Å²) in [6.45, 7) is 14.5. The van der Waals surface area contributed by atoms with Crippen LogP contribution in [-0.4, -0.2) is 14.1 Å². The molecule has 0 aromatic rings. The first-order valence-electron chi connectivity index (χ1n) is 10.5. The highest BCUT2D eigenvalue weighted by atomic mass is 27.2. The molecule has 0 heterocycles. The summed E-state index contributed by atoms with van der Waals surface area (Å²) in [6.07, 6.45) is 13.0. The zero-order valence-corrected chi connectivity index (χ0v) is 17.9. The van der Waals surface area contributed by atoms with Gasteiger partial charge in [-0.3, -0.25) is 0 Å². The lowest BCUT2D eigenvalue weighted by molar-refractivity contribution is 0.489. The van der Waals surface area contributed by atoms with E-state index in [9.17, 15) is 0 Å². The van der Waals surface area contributed by atoms with E-state index in [1.165, 1.54) is 57.8 Å². The van der Waals surface area contributed by atoms with Crippen LogP contribution >= 0.6 is 0 Å². The molecule has 3 atom stereocenters. The third-order valence-corrected chi connectivity index (χ3v) is 9.00. The van der Waals surface area contributed by atoms with Gasteiger partial charge in [-0.25, -0.2) is 0 Å². The van der Waals surface area contributed by atoms with Gasteiger partial charge in [0.2, 0.25) is 0 Å². The second kappa shape index (κ2) is 15.1. The molecule has 0 radical (unpaired) electrons. The molecule has 0 fully saturated rings. The molecule has 1 heteroatoms. The molecule has 0 saturated carbocycles. The van der Waals surface area contributed by atoms with E-state index in [1.807, 2.05) is 0 Å². The molecule has 0 rings (SSSR count). The largest absolute Gasteiger partial charge is 0.261 e. The summed E-state index contributed by atoms with van der Waals surface area (Å²) in [7, 11) is 0. The van der Waals surface area contributed by atoms with Crippen molar-refractivity contribution in [2.24, 2.45) is 17.8 Å². The van der Waals surface area contributed by atoms with Crippen molar-refractivity contribution >= 4 is 14.1 Å². The number of hydrogen-bond acceptors (Lipinski definition) is 0. The van der Waals surface area contributed by atoms with Crippen LogP contribution in [0.25, 0.3) is 0 Å². The fraction of sp³-hybridized carbons (Fsp3) is 1.00. The molecule has 0 bridgehead atoms. The molecule has 132 valence electrons. The van der Waals surface area contributed by atoms with Crippen molar-refractivity contribution in [1.82, 2.24) is 0 Å². The normalized spacial score (nSPS) is 15.5. The predicted molar refractivity (Wildman–Crippen MR) is 106 cm³/mol. The van der Waals surface area contributed by atoms with Gasteiger partial charge in [0, 0.05) is 0 Å². The van der Waals surface area contributed by atoms with Gasteiger partial charge >= 0.3 is 0 Å². The number of hydrogen-bond donors (Lipinski definition) is 0. The molecule has 3 unspecified atom stereocenters. The standard InChI is InChI=1S/3C7H15.Al/c3*1-4-6-7(3)5-2;/h3*7H,2,4-6H2,1,3H3;. The molecular formula is C21H45Al. The summed E-state index contributed by atoms with van der Waals surface area (Å²) < 4.78 is 0. The Bertz CT molecular complexity index is 188. The molecule has 0 spiro atoms. The molecule has 0 aliphatic carbocycles. The summed E-state index contributed by atoms with van der Waals surface area (Å²) in [5.74, 6) is 2.92. The third-order valence-electron chi connectivity index (χ3n) is 5.55. The van der Waals surface area contributed by atoms with Crippen molar-refractivity contribution in [3.63, 3.8) is 0 Å². The SMILES string of the molecule is CCCC(C)C[CH2][Al]([CH2]CC(C)CCC)[CH2]CC(C)CCC. The van der Waals surface area contributed by atoms with Crippen LogP contribution in [0.3, 0.4) is 0 Å². The maximum atomic E-state index is 2.48. The van der Waals surface area contributed by atoms with Gasteiger partial charge in [0.1, 0.15) is 0 Å². The second-order valence-corrected chi connectivity index (χ2v) is 11.7. The first-order valence-corrected chi connectivity index (χ1v) is 13.0. The van der Waals surface area contributed by atoms with E-state index in [2.05, 4.69) is 41.5 Å². The van der Waals surface area contributed by atoms with Crippen molar-refractivity contribution in [2.75, 3.05) is 0 Å². The van der Waals surface area contributed by atoms with E-state index < -0.39 is 14.1 Å². The minimum Gasteiger partial charge on any atom is -0.0936 e. The van der Waals surface area contributed by atoms with Gasteiger partial charge in [-0.05, 0) is 17.8 Å². The second-order valence-electron chi connectivity index (χ2n) is 8.28. The van der Waals surface area contributed by atoms with Crippen LogP contribution in [0.1, 0.15) is 99.3 Å². The average molecular weight is 325 g/mol. The van der Waals surface area contributed by atoms with E-state index in [4.69, 9.17) is 0 Å². The van der Waals surface area contributed by atoms with Crippen LogP contribution in [0.2, 0.25) is 15.8 Å². The Morgan fingerprint density at radius 3 is 1.00 bits per heavy atom. The fourth-order valence-corrected chi connectivity index (χ4v) is 7.89. The molecule has 0 aliphatic rings. The summed E-state index contributed by atoms with van der Waals surface area (Å²) in [6, 6.07) is 0. The first-order chi connectivity index (χ1) is 10.5. The van der Waals surface area contributed by atoms with Gasteiger partial charge in [0.15, 0.2) is 0 Å². The highest BCUT2D eigenvalue weighted by Gasteiger charge is 2.19. The summed E-state index contributed by atoms with van der Waals surface area (Å²) >= 11 is -0.477. The highest BCUT2D eigenvalue weighted by molar-refractivity contribution is 6.58. The maximum absolute atomic E-state index is 2.48. The van der Waals surface area contributed by atoms with E-state index in [-0.39, 0.29) is 0 Å². The predicted octanol–water partition coefficient (Wildman–Crippen LogP) is 7.96. The zero-order valence-electron chi connectivity index (χ0n) is 16.8. The summed E-state index contributed by atoms with van der Waals surface area (Å²) in [4.78, 5) is 0. The van der Waals surface area contributed by atoms with E-state index >= 15 is 0 Å². The van der Waals surface area contributed by atoms with Gasteiger partial charge in [0.25, 0.3) is 14.1 Å². The molecule has 22 heavy (non-hydrogen) atoms. The van der Waals surface area contributed by atoms with Crippen molar-refractivity contribution < 1.29 is 0 Å². The maximum Gasteiger partial charge on any atom is 0.261 e. The van der Waals surface area contributed by atoms with Crippen LogP contribution < -0.4 is 0 Å². The highest BCUT2D eigenvalue weighted by Crippen LogP contribution is 2.25. The van der Waals surface area contributed by atoms with E-state index in [0.717, 1.165) is 17.8 Å². The molecule has 0 amide bonds. The Hall–Kier alpha value is 0.532. The van der Waals surface area contributed by atoms with Crippen LogP contribution in [0.4, 0.5) is 0 Å². The molecule has 0 saturated heterocycles. The molecular weight excluding hydrogens is 279 g/mol. The molecule has 0 aromatic heterocycles. The zero-order chi connectivity index (χ0) is 16.8. The molecule has 0 nitrogen and oxygen atoms in total. The van der Waals surface area contributed by atoms with Crippen molar-refractivity contribution in [1.29, 1.82) is 0 Å². The van der Waals surface area contributed by atoms with Gasteiger partial charge in [-0.2, -0.15) is 0 Å². The first kappa shape index (κ1) is 22.5. The lowest BCUT2D eigenvalue weighted by Gasteiger charge is -2.19. The van der Waals surface area contributed by atoms with Crippen molar-refractivity contribution in [3.05, 3.63) is 0 Å². The lowest BCUT2D eigenvalue weighted by atomic mass is 10.0. The fourth-order valence-electron chi connectivity index (χ4n) is 3.91. The van der Waals surface area contributed by atoms with Crippen molar-refractivity contribution in [3.8, 4) is 0 Å². The topological polar surface area (TPSA) is 0 Å². The minimum absolute atomic E-state index is 0.477. The monoisotopic (exact) mass is 324 g/mol. The van der Waals surface area contributed by atoms with Crippen LogP contribution in [0, 0.1) is 17.8 Å². The van der Waals surface area contributed by atoms with Gasteiger partial charge in [-0.15, -0.1) is 0 Å². The molecule has 0 aromatic carbocycles. The molecule has 0 aliphatic heterocycles. The lowest BCUT2D eigenvalue weighted by Crippen LogP contribution is -2.16. The molecule has 0 N–H and O–H groups in total. The Kier molecular flexibility index (Phi) is 15.4. The quantitative estimate of drug-likeness (QED) is 0.268. The summed E-state index contributed by atoms with van der Waals surface area (Å²) in [5.41, 5.74) is 0. The van der Waals surface area contributed by atoms with Crippen molar-refractivity contribution in [2.45, 2.75) is 115 Å². The smallest absolute Gasteiger partial charge is 0.0936 e. The Morgan fingerprint density at radius 1 is 0.500 bits per heavy atom. The van der Waals surface area contributed by atoms with Gasteiger partial charge in [-0.1, -0.05) is 115 Å². The Labute approximate surface area is 147 Å². The Balaban J connectivity index is 4.17. The Morgan fingerprint density at radius 2 is 0.773 bits per heavy atom. The van der Waals surface area contributed by atoms with E-state index in [0.29, 0.717) is 0 Å². The average Bonchev–Trinajstić information content (AvgIpc) is 2.47. The third kappa shape index (κ3) is 13.0. The van der Waals surface area contributed by atoms with Crippen LogP contribution in [0.5, 0.6) is 0 Å². The summed E-state index contributed by atoms with van der Waals surface area (Å²) in [5, 5.41) is 4.87. The van der Waals surface area contributed by atoms with E-state index in [1.54, 1.807) is 15.8 Å². The van der Waals surface area contributed by atoms with Gasteiger partial charge < -0.3 is 0 Å². The van der Waals surface area contributed by atoms with Crippen LogP contribution in [0.15, 0.2) is 0 Å².